The van der Waals surface area contributed by atoms with E-state index in [0.717, 1.165) is 18.1 Å². The number of aromatic nitrogens is 1. The minimum atomic E-state index is -3.89. The molecule has 0 unspecified atom stereocenters. The Bertz CT molecular complexity index is 1060. The quantitative estimate of drug-likeness (QED) is 0.448. The van der Waals surface area contributed by atoms with Crippen LogP contribution in [-0.2, 0) is 15.6 Å². The van der Waals surface area contributed by atoms with Gasteiger partial charge in [0.15, 0.2) is 9.84 Å². The molecular weight excluding hydrogens is 431 g/mol. The van der Waals surface area contributed by atoms with E-state index in [1.807, 2.05) is 30.3 Å². The first-order valence-electron chi connectivity index (χ1n) is 9.18. The van der Waals surface area contributed by atoms with E-state index in [0.29, 0.717) is 16.6 Å². The third-order valence-electron chi connectivity index (χ3n) is 4.39. The first kappa shape index (κ1) is 21.7. The van der Waals surface area contributed by atoms with E-state index >= 15 is 0 Å². The topological polar surface area (TPSA) is 59.1 Å². The van der Waals surface area contributed by atoms with E-state index < -0.39 is 20.5 Å². The van der Waals surface area contributed by atoms with Crippen LogP contribution >= 0.6 is 22.9 Å². The Morgan fingerprint density at radius 3 is 2.55 bits per heavy atom. The third-order valence-corrected chi connectivity index (χ3v) is 7.30. The molecule has 2 aromatic carbocycles. The van der Waals surface area contributed by atoms with E-state index in [4.69, 9.17) is 11.6 Å². The molecule has 3 rings (SSSR count). The highest BCUT2D eigenvalue weighted by molar-refractivity contribution is 7.90. The largest absolute Gasteiger partial charge is 0.377 e. The summed E-state index contributed by atoms with van der Waals surface area (Å²) in [6.45, 7) is 4.21. The molecule has 8 heteroatoms. The molecular formula is C21H22ClFN2O2S2. The molecule has 0 saturated carbocycles. The monoisotopic (exact) mass is 452 g/mol. The smallest absolute Gasteiger partial charge is 0.187 e. The predicted octanol–water partition coefficient (Wildman–Crippen LogP) is 6.11. The van der Waals surface area contributed by atoms with Crippen molar-refractivity contribution in [1.29, 1.82) is 0 Å². The fraction of sp³-hybridized carbons (Fsp3) is 0.286. The van der Waals surface area contributed by atoms with Crippen LogP contribution in [0.15, 0.2) is 58.9 Å². The Kier molecular flexibility index (Phi) is 6.93. The lowest BCUT2D eigenvalue weighted by Gasteiger charge is -2.23. The van der Waals surface area contributed by atoms with Crippen molar-refractivity contribution in [3.05, 3.63) is 75.5 Å². The van der Waals surface area contributed by atoms with Gasteiger partial charge in [-0.15, -0.1) is 11.3 Å². The molecule has 0 spiro atoms. The minimum Gasteiger partial charge on any atom is -0.377 e. The molecule has 1 N–H and O–H groups in total. The summed E-state index contributed by atoms with van der Waals surface area (Å²) < 4.78 is 40.0. The minimum absolute atomic E-state index is 0.0779. The van der Waals surface area contributed by atoms with Gasteiger partial charge in [0.05, 0.1) is 16.8 Å². The molecule has 1 aromatic heterocycles. The number of rotatable bonds is 8. The van der Waals surface area contributed by atoms with Gasteiger partial charge in [-0.05, 0) is 30.0 Å². The number of hydrogen-bond acceptors (Lipinski definition) is 5. The van der Waals surface area contributed by atoms with E-state index in [2.05, 4.69) is 24.1 Å². The van der Waals surface area contributed by atoms with Crippen LogP contribution in [-0.4, -0.2) is 13.4 Å². The Labute approximate surface area is 179 Å². The highest BCUT2D eigenvalue weighted by Crippen LogP contribution is 2.34. The summed E-state index contributed by atoms with van der Waals surface area (Å²) in [5.74, 6) is -0.788. The molecule has 4 nitrogen and oxygen atoms in total. The van der Waals surface area contributed by atoms with Gasteiger partial charge in [0.25, 0.3) is 0 Å². The number of sulfone groups is 1. The zero-order valence-corrected chi connectivity index (χ0v) is 18.5. The lowest BCUT2D eigenvalue weighted by Crippen LogP contribution is -2.14. The van der Waals surface area contributed by atoms with Gasteiger partial charge < -0.3 is 5.32 Å². The van der Waals surface area contributed by atoms with Crippen molar-refractivity contribution in [2.75, 3.05) is 5.32 Å². The molecule has 154 valence electrons. The zero-order valence-electron chi connectivity index (χ0n) is 16.1. The number of nitrogens with zero attached hydrogens (tertiary/aromatic N) is 1. The van der Waals surface area contributed by atoms with Crippen LogP contribution in [0.4, 0.5) is 10.1 Å². The van der Waals surface area contributed by atoms with Crippen LogP contribution in [0, 0.1) is 11.7 Å². The summed E-state index contributed by atoms with van der Waals surface area (Å²) >= 11 is 7.56. The van der Waals surface area contributed by atoms with Gasteiger partial charge in [-0.25, -0.2) is 17.8 Å². The summed E-state index contributed by atoms with van der Waals surface area (Å²) in [5.41, 5.74) is 1.42. The van der Waals surface area contributed by atoms with Crippen LogP contribution in [0.5, 0.6) is 0 Å². The normalized spacial score (nSPS) is 12.9. The van der Waals surface area contributed by atoms with Gasteiger partial charge in [0.2, 0.25) is 0 Å². The number of nitrogens with one attached hydrogen (secondary N) is 1. The van der Waals surface area contributed by atoms with Gasteiger partial charge >= 0.3 is 0 Å². The Balaban J connectivity index is 1.90. The molecule has 29 heavy (non-hydrogen) atoms. The van der Waals surface area contributed by atoms with E-state index in [9.17, 15) is 12.8 Å². The number of halogens is 2. The summed E-state index contributed by atoms with van der Waals surface area (Å²) in [7, 11) is -3.89. The van der Waals surface area contributed by atoms with Crippen molar-refractivity contribution in [2.45, 2.75) is 37.0 Å². The van der Waals surface area contributed by atoms with Crippen molar-refractivity contribution in [2.24, 2.45) is 5.92 Å². The van der Waals surface area contributed by atoms with Crippen molar-refractivity contribution < 1.29 is 12.8 Å². The van der Waals surface area contributed by atoms with E-state index in [1.165, 1.54) is 23.6 Å². The second-order valence-electron chi connectivity index (χ2n) is 7.18. The highest BCUT2D eigenvalue weighted by atomic mass is 35.5. The van der Waals surface area contributed by atoms with Gasteiger partial charge in [0, 0.05) is 11.6 Å². The Morgan fingerprint density at radius 1 is 1.21 bits per heavy atom. The average molecular weight is 453 g/mol. The van der Waals surface area contributed by atoms with Gasteiger partial charge in [-0.2, -0.15) is 0 Å². The van der Waals surface area contributed by atoms with Crippen LogP contribution in [0.1, 0.15) is 36.9 Å². The Hall–Kier alpha value is -1.96. The molecule has 1 heterocycles. The molecule has 0 aliphatic heterocycles. The summed E-state index contributed by atoms with van der Waals surface area (Å²) in [5, 5.41) is 5.53. The predicted molar refractivity (Wildman–Crippen MR) is 117 cm³/mol. The second-order valence-corrected chi connectivity index (χ2v) is 10.5. The fourth-order valence-corrected chi connectivity index (χ4v) is 5.69. The fourth-order valence-electron chi connectivity index (χ4n) is 3.06. The van der Waals surface area contributed by atoms with Gasteiger partial charge in [-0.1, -0.05) is 55.8 Å². The van der Waals surface area contributed by atoms with E-state index in [1.54, 1.807) is 5.38 Å². The number of hydrogen-bond donors (Lipinski definition) is 1. The summed E-state index contributed by atoms with van der Waals surface area (Å²) in [6.07, 6.45) is 2.33. The van der Waals surface area contributed by atoms with Crippen molar-refractivity contribution in [3.8, 4) is 0 Å². The highest BCUT2D eigenvalue weighted by Gasteiger charge is 2.24. The second kappa shape index (κ2) is 9.24. The molecule has 0 aliphatic rings. The molecule has 0 aliphatic carbocycles. The first-order valence-corrected chi connectivity index (χ1v) is 12.1. The molecule has 0 amide bonds. The van der Waals surface area contributed by atoms with Crippen molar-refractivity contribution in [3.63, 3.8) is 0 Å². The number of anilines is 1. The number of thiazole rings is 1. The SMILES string of the molecule is CC(C)C[C@@H](Nc1cc(F)c(S(=O)(=O)Cc2nccs2)cc1Cl)c1ccccc1. The maximum absolute atomic E-state index is 14.8. The van der Waals surface area contributed by atoms with Crippen molar-refractivity contribution in [1.82, 2.24) is 4.98 Å². The van der Waals surface area contributed by atoms with Crippen LogP contribution in [0.25, 0.3) is 0 Å². The molecule has 3 aromatic rings. The zero-order chi connectivity index (χ0) is 21.0. The summed E-state index contributed by atoms with van der Waals surface area (Å²) in [4.78, 5) is 3.56. The standard InChI is InChI=1S/C21H22ClFN2O2S2/c1-14(2)10-18(15-6-4-3-5-7-15)25-19-12-17(23)20(11-16(19)22)29(26,27)13-21-24-8-9-28-21/h3-9,11-12,14,18,25H,10,13H2,1-2H3/t18-/m1/s1. The number of benzene rings is 2. The molecule has 0 saturated heterocycles. The summed E-state index contributed by atoms with van der Waals surface area (Å²) in [6, 6.07) is 12.1. The maximum Gasteiger partial charge on any atom is 0.187 e. The maximum atomic E-state index is 14.8. The van der Waals surface area contributed by atoms with Crippen LogP contribution in [0.3, 0.4) is 0 Å². The lowest BCUT2D eigenvalue weighted by molar-refractivity contribution is 0.530. The van der Waals surface area contributed by atoms with Crippen LogP contribution < -0.4 is 5.32 Å². The van der Waals surface area contributed by atoms with Gasteiger partial charge in [-0.3, -0.25) is 0 Å². The lowest BCUT2D eigenvalue weighted by atomic mass is 9.97. The Morgan fingerprint density at radius 2 is 1.93 bits per heavy atom. The molecule has 1 atom stereocenters. The van der Waals surface area contributed by atoms with Crippen molar-refractivity contribution >= 4 is 38.5 Å². The van der Waals surface area contributed by atoms with Crippen LogP contribution in [0.2, 0.25) is 5.02 Å². The first-order chi connectivity index (χ1) is 13.8. The van der Waals surface area contributed by atoms with E-state index in [-0.39, 0.29) is 16.8 Å². The molecule has 0 fully saturated rings. The molecule has 0 radical (unpaired) electrons. The van der Waals surface area contributed by atoms with Gasteiger partial charge in [0.1, 0.15) is 21.5 Å². The average Bonchev–Trinajstić information content (AvgIpc) is 3.16. The molecule has 0 bridgehead atoms. The third kappa shape index (κ3) is 5.56.